The van der Waals surface area contributed by atoms with Gasteiger partial charge in [-0.3, -0.25) is 9.59 Å². The second-order valence-corrected chi connectivity index (χ2v) is 6.96. The number of nitrogens with two attached hydrogens (primary N) is 1. The van der Waals surface area contributed by atoms with E-state index in [0.29, 0.717) is 9.82 Å². The minimum Gasteiger partial charge on any atom is -0.480 e. The van der Waals surface area contributed by atoms with Gasteiger partial charge in [0, 0.05) is 23.0 Å². The third kappa shape index (κ3) is 2.78. The van der Waals surface area contributed by atoms with E-state index in [9.17, 15) is 18.0 Å². The maximum Gasteiger partial charge on any atom is 0.318 e. The highest BCUT2D eigenvalue weighted by atomic mass is 35.5. The molecule has 0 fully saturated rings. The van der Waals surface area contributed by atoms with Crippen molar-refractivity contribution >= 4 is 44.4 Å². The van der Waals surface area contributed by atoms with Crippen molar-refractivity contribution in [2.45, 2.75) is 4.90 Å². The number of aromatic amines is 1. The summed E-state index contributed by atoms with van der Waals surface area (Å²) in [5.41, 5.74) is 5.24. The number of hydrogen-bond acceptors (Lipinski definition) is 4. The highest BCUT2D eigenvalue weighted by molar-refractivity contribution is 7.89. The molecule has 0 aliphatic rings. The van der Waals surface area contributed by atoms with E-state index in [1.807, 2.05) is 0 Å². The molecular formula is C12H12ClN3O5S. The number of carboxylic acid groups (broad SMARTS) is 1. The minimum atomic E-state index is -4.25. The number of halogens is 1. The molecule has 118 valence electrons. The Bertz CT molecular complexity index is 874. The first-order valence-electron chi connectivity index (χ1n) is 5.93. The summed E-state index contributed by atoms with van der Waals surface area (Å²) in [5.74, 6) is -2.31. The van der Waals surface area contributed by atoms with E-state index in [1.54, 1.807) is 0 Å². The number of aliphatic carboxylic acids is 1. The van der Waals surface area contributed by atoms with Gasteiger partial charge in [0.2, 0.25) is 10.0 Å². The number of benzene rings is 1. The molecule has 22 heavy (non-hydrogen) atoms. The van der Waals surface area contributed by atoms with Crippen molar-refractivity contribution in [3.63, 3.8) is 0 Å². The van der Waals surface area contributed by atoms with Crippen LogP contribution in [0.3, 0.4) is 0 Å². The van der Waals surface area contributed by atoms with E-state index in [2.05, 4.69) is 4.98 Å². The maximum absolute atomic E-state index is 12.6. The second-order valence-electron chi connectivity index (χ2n) is 4.54. The molecule has 1 aromatic heterocycles. The fourth-order valence-corrected chi connectivity index (χ4v) is 3.63. The van der Waals surface area contributed by atoms with E-state index in [0.717, 1.165) is 7.05 Å². The summed E-state index contributed by atoms with van der Waals surface area (Å²) in [6.07, 6.45) is 0. The normalized spacial score (nSPS) is 12.0. The van der Waals surface area contributed by atoms with Crippen LogP contribution in [0.1, 0.15) is 10.5 Å². The summed E-state index contributed by atoms with van der Waals surface area (Å²) < 4.78 is 25.8. The number of hydrogen-bond donors (Lipinski definition) is 3. The molecule has 1 aromatic carbocycles. The van der Waals surface area contributed by atoms with Gasteiger partial charge in [0.15, 0.2) is 0 Å². The van der Waals surface area contributed by atoms with E-state index < -0.39 is 28.4 Å². The lowest BCUT2D eigenvalue weighted by molar-refractivity contribution is -0.137. The number of H-pyrrole nitrogens is 1. The van der Waals surface area contributed by atoms with Gasteiger partial charge in [-0.2, -0.15) is 4.31 Å². The number of rotatable bonds is 5. The van der Waals surface area contributed by atoms with Crippen LogP contribution < -0.4 is 5.73 Å². The molecule has 1 heterocycles. The van der Waals surface area contributed by atoms with Crippen molar-refractivity contribution in [3.05, 3.63) is 28.9 Å². The summed E-state index contributed by atoms with van der Waals surface area (Å²) in [6.45, 7) is -0.756. The van der Waals surface area contributed by atoms with E-state index in [1.165, 1.54) is 18.2 Å². The molecule has 0 atom stereocenters. The average molecular weight is 346 g/mol. The number of sulfonamides is 1. The Hall–Kier alpha value is -2.10. The van der Waals surface area contributed by atoms with E-state index in [-0.39, 0.29) is 21.0 Å². The van der Waals surface area contributed by atoms with Crippen molar-refractivity contribution in [2.24, 2.45) is 5.73 Å². The summed E-state index contributed by atoms with van der Waals surface area (Å²) in [5, 5.41) is 9.18. The monoisotopic (exact) mass is 345 g/mol. The maximum atomic E-state index is 12.6. The van der Waals surface area contributed by atoms with E-state index in [4.69, 9.17) is 22.4 Å². The van der Waals surface area contributed by atoms with Gasteiger partial charge in [-0.1, -0.05) is 11.6 Å². The molecule has 2 aromatic rings. The minimum absolute atomic E-state index is 0.165. The van der Waals surface area contributed by atoms with Gasteiger partial charge >= 0.3 is 5.97 Å². The van der Waals surface area contributed by atoms with Gasteiger partial charge in [0.05, 0.1) is 0 Å². The van der Waals surface area contributed by atoms with Crippen LogP contribution in [-0.2, 0) is 14.8 Å². The molecule has 2 rings (SSSR count). The first kappa shape index (κ1) is 16.3. The molecule has 0 saturated carbocycles. The highest BCUT2D eigenvalue weighted by Gasteiger charge is 2.31. The van der Waals surface area contributed by atoms with Crippen molar-refractivity contribution in [1.82, 2.24) is 9.29 Å². The predicted molar refractivity (Wildman–Crippen MR) is 79.3 cm³/mol. The Morgan fingerprint density at radius 3 is 2.59 bits per heavy atom. The fraction of sp³-hybridized carbons (Fsp3) is 0.167. The Kier molecular flexibility index (Phi) is 4.14. The molecule has 0 radical (unpaired) electrons. The number of likely N-dealkylation sites (N-methyl/N-ethyl adjacent to an activating group) is 1. The largest absolute Gasteiger partial charge is 0.480 e. The standard InChI is InChI=1S/C12H12ClN3O5S/c1-16(5-9(17)18)22(20,21)11-7-4-6(13)2-3-8(7)15-10(11)12(14)19/h2-4,15H,5H2,1H3,(H2,14,19)(H,17,18). The van der Waals surface area contributed by atoms with Crippen LogP contribution in [0, 0.1) is 0 Å². The molecule has 0 spiro atoms. The van der Waals surface area contributed by atoms with Crippen LogP contribution in [-0.4, -0.2) is 48.3 Å². The predicted octanol–water partition coefficient (Wildman–Crippen LogP) is 0.625. The SMILES string of the molecule is CN(CC(=O)O)S(=O)(=O)c1c(C(N)=O)[nH]c2ccc(Cl)cc12. The number of carbonyl (C=O) groups excluding carboxylic acids is 1. The zero-order chi connectivity index (χ0) is 16.7. The van der Waals surface area contributed by atoms with Gasteiger partial charge in [0.1, 0.15) is 17.1 Å². The number of nitrogens with one attached hydrogen (secondary N) is 1. The third-order valence-electron chi connectivity index (χ3n) is 2.99. The number of fused-ring (bicyclic) bond motifs is 1. The van der Waals surface area contributed by atoms with Crippen molar-refractivity contribution in [1.29, 1.82) is 0 Å². The lowest BCUT2D eigenvalue weighted by atomic mass is 10.2. The number of nitrogens with zero attached hydrogens (tertiary/aromatic N) is 1. The van der Waals surface area contributed by atoms with Gasteiger partial charge < -0.3 is 15.8 Å². The summed E-state index contributed by atoms with van der Waals surface area (Å²) >= 11 is 5.86. The van der Waals surface area contributed by atoms with Crippen LogP contribution in [0.2, 0.25) is 5.02 Å². The summed E-state index contributed by atoms with van der Waals surface area (Å²) in [4.78, 5) is 24.5. The number of aromatic nitrogens is 1. The first-order chi connectivity index (χ1) is 10.1. The zero-order valence-electron chi connectivity index (χ0n) is 11.3. The van der Waals surface area contributed by atoms with E-state index >= 15 is 0 Å². The topological polar surface area (TPSA) is 134 Å². The zero-order valence-corrected chi connectivity index (χ0v) is 12.9. The fourth-order valence-electron chi connectivity index (χ4n) is 2.01. The number of carboxylic acids is 1. The molecule has 0 saturated heterocycles. The molecule has 0 bridgehead atoms. The first-order valence-corrected chi connectivity index (χ1v) is 7.75. The lowest BCUT2D eigenvalue weighted by Crippen LogP contribution is -2.33. The molecule has 0 aliphatic carbocycles. The Labute approximate surface area is 130 Å². The van der Waals surface area contributed by atoms with Crippen LogP contribution >= 0.6 is 11.6 Å². The second kappa shape index (κ2) is 5.59. The molecular weight excluding hydrogens is 334 g/mol. The third-order valence-corrected chi connectivity index (χ3v) is 5.11. The van der Waals surface area contributed by atoms with Gasteiger partial charge in [-0.25, -0.2) is 8.42 Å². The molecule has 4 N–H and O–H groups in total. The van der Waals surface area contributed by atoms with Crippen molar-refractivity contribution in [2.75, 3.05) is 13.6 Å². The quantitative estimate of drug-likeness (QED) is 0.730. The van der Waals surface area contributed by atoms with Crippen LogP contribution in [0.4, 0.5) is 0 Å². The summed E-state index contributed by atoms with van der Waals surface area (Å²) in [7, 11) is -3.15. The lowest BCUT2D eigenvalue weighted by Gasteiger charge is -2.15. The number of primary amides is 1. The van der Waals surface area contributed by atoms with Crippen LogP contribution in [0.15, 0.2) is 23.1 Å². The summed E-state index contributed by atoms with van der Waals surface area (Å²) in [6, 6.07) is 4.38. The highest BCUT2D eigenvalue weighted by Crippen LogP contribution is 2.30. The van der Waals surface area contributed by atoms with Crippen LogP contribution in [0.25, 0.3) is 10.9 Å². The molecule has 8 nitrogen and oxygen atoms in total. The van der Waals surface area contributed by atoms with Gasteiger partial charge in [-0.15, -0.1) is 0 Å². The molecule has 10 heteroatoms. The Morgan fingerprint density at radius 2 is 2.05 bits per heavy atom. The number of carbonyl (C=O) groups is 2. The Morgan fingerprint density at radius 1 is 1.41 bits per heavy atom. The average Bonchev–Trinajstić information content (AvgIpc) is 2.77. The van der Waals surface area contributed by atoms with Crippen LogP contribution in [0.5, 0.6) is 0 Å². The molecule has 0 aliphatic heterocycles. The molecule has 0 unspecified atom stereocenters. The Balaban J connectivity index is 2.77. The van der Waals surface area contributed by atoms with Crippen molar-refractivity contribution < 1.29 is 23.1 Å². The van der Waals surface area contributed by atoms with Gasteiger partial charge in [0.25, 0.3) is 5.91 Å². The number of amides is 1. The molecule has 1 amide bonds. The smallest absolute Gasteiger partial charge is 0.318 e. The van der Waals surface area contributed by atoms with Crippen molar-refractivity contribution in [3.8, 4) is 0 Å². The van der Waals surface area contributed by atoms with Gasteiger partial charge in [-0.05, 0) is 18.2 Å².